The van der Waals surface area contributed by atoms with Crippen LogP contribution in [0, 0.1) is 0 Å². The molecule has 3 rings (SSSR count). The number of unbranched alkanes of at least 4 members (excludes halogenated alkanes) is 4. The molecule has 7 nitrogen and oxygen atoms in total. The monoisotopic (exact) mass is 533 g/mol. The number of rotatable bonds is 13. The summed E-state index contributed by atoms with van der Waals surface area (Å²) in [6, 6.07) is 13.2. The Kier molecular flexibility index (Phi) is 11.1. The molecule has 0 radical (unpaired) electrons. The fourth-order valence-electron chi connectivity index (χ4n) is 4.06. The molecule has 0 aromatic heterocycles. The van der Waals surface area contributed by atoms with E-state index in [1.165, 1.54) is 44.0 Å². The number of carbonyl (C=O) groups excluding carboxylic acids is 1. The maximum absolute atomic E-state index is 13.3. The Morgan fingerprint density at radius 3 is 2.42 bits per heavy atom. The minimum Gasteiger partial charge on any atom is -0.379 e. The van der Waals surface area contributed by atoms with Crippen molar-refractivity contribution in [3.05, 3.63) is 53.6 Å². The molecule has 9 heteroatoms. The van der Waals surface area contributed by atoms with Gasteiger partial charge in [-0.15, -0.1) is 11.8 Å². The number of morpholine rings is 1. The van der Waals surface area contributed by atoms with Crippen molar-refractivity contribution >= 4 is 39.1 Å². The first kappa shape index (κ1) is 28.5. The van der Waals surface area contributed by atoms with Crippen molar-refractivity contribution in [3.8, 4) is 0 Å². The molecule has 0 unspecified atom stereocenters. The molecule has 1 saturated heterocycles. The van der Waals surface area contributed by atoms with Crippen molar-refractivity contribution < 1.29 is 17.9 Å². The zero-order valence-corrected chi connectivity index (χ0v) is 23.3. The number of nitrogens with one attached hydrogen (secondary N) is 1. The molecule has 0 bridgehead atoms. The largest absolute Gasteiger partial charge is 0.379 e. The van der Waals surface area contributed by atoms with Crippen molar-refractivity contribution in [2.45, 2.75) is 50.5 Å². The zero-order valence-electron chi connectivity index (χ0n) is 21.7. The summed E-state index contributed by atoms with van der Waals surface area (Å²) >= 11 is 1.83. The molecule has 1 aliphatic rings. The minimum atomic E-state index is -3.52. The first-order valence-corrected chi connectivity index (χ1v) is 15.5. The topological polar surface area (TPSA) is 79.0 Å². The van der Waals surface area contributed by atoms with Gasteiger partial charge in [0.25, 0.3) is 5.91 Å². The van der Waals surface area contributed by atoms with Crippen LogP contribution in [-0.4, -0.2) is 64.6 Å². The van der Waals surface area contributed by atoms with Gasteiger partial charge in [-0.2, -0.15) is 0 Å². The third kappa shape index (κ3) is 8.80. The van der Waals surface area contributed by atoms with Crippen LogP contribution in [0.25, 0.3) is 0 Å². The van der Waals surface area contributed by atoms with Gasteiger partial charge in [-0.1, -0.05) is 38.7 Å². The van der Waals surface area contributed by atoms with Crippen molar-refractivity contribution in [2.75, 3.05) is 55.0 Å². The summed E-state index contributed by atoms with van der Waals surface area (Å²) in [5.74, 6) is 0.757. The summed E-state index contributed by atoms with van der Waals surface area (Å²) < 4.78 is 31.0. The number of sulfonamides is 1. The van der Waals surface area contributed by atoms with Gasteiger partial charge in [-0.3, -0.25) is 14.0 Å². The van der Waals surface area contributed by atoms with Crippen LogP contribution in [0.1, 0.15) is 54.9 Å². The van der Waals surface area contributed by atoms with E-state index in [0.717, 1.165) is 35.0 Å². The molecule has 1 heterocycles. The molecule has 1 N–H and O–H groups in total. The minimum absolute atomic E-state index is 0.333. The molecule has 36 heavy (non-hydrogen) atoms. The van der Waals surface area contributed by atoms with E-state index in [2.05, 4.69) is 17.1 Å². The number of hydrogen-bond acceptors (Lipinski definition) is 6. The van der Waals surface area contributed by atoms with E-state index in [0.29, 0.717) is 36.7 Å². The fraction of sp³-hybridized carbons (Fsp3) is 0.519. The van der Waals surface area contributed by atoms with Gasteiger partial charge in [-0.25, -0.2) is 8.42 Å². The highest BCUT2D eigenvalue weighted by Crippen LogP contribution is 2.26. The van der Waals surface area contributed by atoms with E-state index >= 15 is 0 Å². The third-order valence-electron chi connectivity index (χ3n) is 6.28. The lowest BCUT2D eigenvalue weighted by Gasteiger charge is -2.27. The van der Waals surface area contributed by atoms with Crippen molar-refractivity contribution in [1.82, 2.24) is 4.90 Å². The highest BCUT2D eigenvalue weighted by atomic mass is 32.2. The van der Waals surface area contributed by atoms with Crippen LogP contribution >= 0.6 is 11.8 Å². The second kappa shape index (κ2) is 14.0. The number of ether oxygens (including phenoxy) is 1. The number of benzene rings is 2. The van der Waals surface area contributed by atoms with E-state index in [1.807, 2.05) is 42.1 Å². The van der Waals surface area contributed by atoms with Gasteiger partial charge in [0, 0.05) is 37.3 Å². The summed E-state index contributed by atoms with van der Waals surface area (Å²) in [6.07, 6.45) is 7.47. The van der Waals surface area contributed by atoms with E-state index in [4.69, 9.17) is 4.74 Å². The molecule has 0 atom stereocenters. The lowest BCUT2D eigenvalue weighted by molar-refractivity contribution is 0.0342. The lowest BCUT2D eigenvalue weighted by atomic mass is 10.1. The highest BCUT2D eigenvalue weighted by molar-refractivity contribution is 7.99. The Labute approximate surface area is 220 Å². The number of carbonyl (C=O) groups is 1. The molecule has 1 aliphatic heterocycles. The molecule has 1 amide bonds. The van der Waals surface area contributed by atoms with Crippen LogP contribution in [0.15, 0.2) is 47.4 Å². The van der Waals surface area contributed by atoms with Crippen LogP contribution in [0.3, 0.4) is 0 Å². The van der Waals surface area contributed by atoms with Crippen molar-refractivity contribution in [3.63, 3.8) is 0 Å². The summed E-state index contributed by atoms with van der Waals surface area (Å²) in [4.78, 5) is 16.8. The molecule has 0 aliphatic carbocycles. The molecule has 198 valence electrons. The summed E-state index contributed by atoms with van der Waals surface area (Å²) in [7, 11) is -2.05. The summed E-state index contributed by atoms with van der Waals surface area (Å²) in [5, 5.41) is 2.95. The van der Waals surface area contributed by atoms with Gasteiger partial charge in [0.2, 0.25) is 10.0 Å². The Balaban J connectivity index is 1.69. The number of nitrogens with zero attached hydrogens (tertiary/aromatic N) is 2. The second-order valence-electron chi connectivity index (χ2n) is 9.21. The van der Waals surface area contributed by atoms with E-state index in [-0.39, 0.29) is 5.91 Å². The van der Waals surface area contributed by atoms with E-state index in [1.54, 1.807) is 12.1 Å². The van der Waals surface area contributed by atoms with E-state index < -0.39 is 10.0 Å². The van der Waals surface area contributed by atoms with Gasteiger partial charge >= 0.3 is 0 Å². The highest BCUT2D eigenvalue weighted by Gasteiger charge is 2.21. The molecular formula is C27H39N3O4S2. The summed E-state index contributed by atoms with van der Waals surface area (Å²) in [6.45, 7) is 5.94. The van der Waals surface area contributed by atoms with Gasteiger partial charge < -0.3 is 10.1 Å². The van der Waals surface area contributed by atoms with Crippen molar-refractivity contribution in [1.29, 1.82) is 0 Å². The van der Waals surface area contributed by atoms with Crippen LogP contribution in [0.5, 0.6) is 0 Å². The molecule has 2 aromatic carbocycles. The third-order valence-corrected chi connectivity index (χ3v) is 8.57. The number of amides is 1. The number of thioether (sulfide) groups is 1. The maximum Gasteiger partial charge on any atom is 0.257 e. The quantitative estimate of drug-likeness (QED) is 0.281. The Morgan fingerprint density at radius 1 is 1.06 bits per heavy atom. The van der Waals surface area contributed by atoms with Gasteiger partial charge in [0.05, 0.1) is 30.7 Å². The van der Waals surface area contributed by atoms with Gasteiger partial charge in [-0.05, 0) is 54.1 Å². The second-order valence-corrected chi connectivity index (χ2v) is 12.4. The Hall–Kier alpha value is -2.07. The fourth-order valence-corrected chi connectivity index (χ4v) is 5.49. The SMILES string of the molecule is CCCCCCCSc1ccc(NC(=O)c2cc(CN3CCOCC3)ccc2N(C)S(C)(=O)=O)cc1. The molecule has 0 spiro atoms. The predicted octanol–water partition coefficient (Wildman–Crippen LogP) is 5.23. The van der Waals surface area contributed by atoms with Gasteiger partial charge in [0.15, 0.2) is 0 Å². The number of anilines is 2. The molecular weight excluding hydrogens is 494 g/mol. The molecule has 0 saturated carbocycles. The lowest BCUT2D eigenvalue weighted by Crippen LogP contribution is -2.35. The predicted molar refractivity (Wildman–Crippen MR) is 150 cm³/mol. The smallest absolute Gasteiger partial charge is 0.257 e. The van der Waals surface area contributed by atoms with Crippen LogP contribution in [-0.2, 0) is 21.3 Å². The zero-order chi connectivity index (χ0) is 26.0. The first-order chi connectivity index (χ1) is 17.3. The summed E-state index contributed by atoms with van der Waals surface area (Å²) in [5.41, 5.74) is 2.33. The average molecular weight is 534 g/mol. The van der Waals surface area contributed by atoms with Crippen LogP contribution < -0.4 is 9.62 Å². The van der Waals surface area contributed by atoms with Crippen molar-refractivity contribution in [2.24, 2.45) is 0 Å². The normalized spacial score (nSPS) is 14.5. The maximum atomic E-state index is 13.3. The molecule has 1 fully saturated rings. The van der Waals surface area contributed by atoms with Crippen LogP contribution in [0.4, 0.5) is 11.4 Å². The average Bonchev–Trinajstić information content (AvgIpc) is 2.86. The Morgan fingerprint density at radius 2 is 1.75 bits per heavy atom. The van der Waals surface area contributed by atoms with Crippen LogP contribution in [0.2, 0.25) is 0 Å². The Bertz CT molecular complexity index is 1080. The van der Waals surface area contributed by atoms with Gasteiger partial charge in [0.1, 0.15) is 0 Å². The van der Waals surface area contributed by atoms with E-state index in [9.17, 15) is 13.2 Å². The standard InChI is InChI=1S/C27H39N3O4S2/c1-4-5-6-7-8-19-35-24-12-10-23(11-13-24)28-27(31)25-20-22(21-30-15-17-34-18-16-30)9-14-26(25)29(2)36(3,32)33/h9-14,20H,4-8,15-19,21H2,1-3H3,(H,28,31). The number of hydrogen-bond donors (Lipinski definition) is 1. The first-order valence-electron chi connectivity index (χ1n) is 12.7. The molecule has 2 aromatic rings.